The molecule has 53 heavy (non-hydrogen) atoms. The maximum Gasteiger partial charge on any atom is 0.143 e. The molecule has 0 bridgehead atoms. The van der Waals surface area contributed by atoms with E-state index in [0.717, 1.165) is 93.6 Å². The fourth-order valence-electron chi connectivity index (χ4n) is 8.94. The zero-order valence-corrected chi connectivity index (χ0v) is 28.4. The Morgan fingerprint density at radius 2 is 0.585 bits per heavy atom. The second-order valence-corrected chi connectivity index (χ2v) is 13.9. The maximum absolute atomic E-state index is 6.95. The lowest BCUT2D eigenvalue weighted by Gasteiger charge is -2.19. The Morgan fingerprint density at radius 1 is 0.226 bits per heavy atom. The Bertz CT molecular complexity index is 3410. The van der Waals surface area contributed by atoms with Gasteiger partial charge in [-0.2, -0.15) is 0 Å². The van der Waals surface area contributed by atoms with E-state index < -0.39 is 0 Å². The van der Waals surface area contributed by atoms with Gasteiger partial charge in [0, 0.05) is 43.4 Å². The van der Waals surface area contributed by atoms with Crippen LogP contribution in [0.1, 0.15) is 0 Å². The molecule has 3 heterocycles. The molecule has 9 aromatic carbocycles. The van der Waals surface area contributed by atoms with Gasteiger partial charge in [0.15, 0.2) is 0 Å². The van der Waals surface area contributed by atoms with Gasteiger partial charge in [-0.25, -0.2) is 0 Å². The van der Waals surface area contributed by atoms with Crippen LogP contribution in [-0.4, -0.2) is 0 Å². The summed E-state index contributed by atoms with van der Waals surface area (Å²) in [4.78, 5) is 0. The first-order chi connectivity index (χ1) is 26.3. The number of hydrogen-bond donors (Lipinski definition) is 0. The molecular formula is C50H28O3. The maximum atomic E-state index is 6.95. The number of furan rings is 3. The van der Waals surface area contributed by atoms with Gasteiger partial charge in [-0.1, -0.05) is 133 Å². The molecule has 3 nitrogen and oxygen atoms in total. The highest BCUT2D eigenvalue weighted by Crippen LogP contribution is 2.50. The van der Waals surface area contributed by atoms with Crippen LogP contribution in [-0.2, 0) is 0 Å². The molecule has 246 valence electrons. The highest BCUT2D eigenvalue weighted by molar-refractivity contribution is 6.29. The molecule has 0 spiro atoms. The van der Waals surface area contributed by atoms with E-state index in [2.05, 4.69) is 146 Å². The van der Waals surface area contributed by atoms with Gasteiger partial charge in [-0.15, -0.1) is 0 Å². The molecule has 12 aromatic rings. The van der Waals surface area contributed by atoms with E-state index in [9.17, 15) is 0 Å². The first-order valence-corrected chi connectivity index (χ1v) is 18.0. The van der Waals surface area contributed by atoms with Crippen LogP contribution in [0, 0.1) is 0 Å². The summed E-state index contributed by atoms with van der Waals surface area (Å²) in [7, 11) is 0. The number of hydrogen-bond acceptors (Lipinski definition) is 3. The molecule has 12 rings (SSSR count). The number of para-hydroxylation sites is 3. The summed E-state index contributed by atoms with van der Waals surface area (Å²) >= 11 is 0. The van der Waals surface area contributed by atoms with Crippen LogP contribution in [0.3, 0.4) is 0 Å². The standard InChI is InChI=1S/C50H28O3/c1-3-15-31-29(13-1)45(38-21-12-26-44-48(38)36-18-6-9-23-41(36)52-44)30-14-2-4-16-32(30)46(31)39-28-27-34(49-37-19-7-10-24-42(37)53-50(39)49)33-20-11-25-43-47(33)35-17-5-8-22-40(35)51-43/h1-28H. The zero-order chi connectivity index (χ0) is 34.6. The van der Waals surface area contributed by atoms with Gasteiger partial charge in [-0.05, 0) is 80.2 Å². The van der Waals surface area contributed by atoms with Gasteiger partial charge in [0.05, 0.1) is 0 Å². The van der Waals surface area contributed by atoms with Crippen molar-refractivity contribution in [3.05, 3.63) is 170 Å². The highest BCUT2D eigenvalue weighted by Gasteiger charge is 2.24. The van der Waals surface area contributed by atoms with E-state index in [1.165, 1.54) is 27.1 Å². The molecule has 0 unspecified atom stereocenters. The van der Waals surface area contributed by atoms with E-state index >= 15 is 0 Å². The van der Waals surface area contributed by atoms with Gasteiger partial charge in [-0.3, -0.25) is 0 Å². The molecule has 0 atom stereocenters. The molecule has 0 aliphatic heterocycles. The van der Waals surface area contributed by atoms with Crippen LogP contribution >= 0.6 is 0 Å². The Kier molecular flexibility index (Phi) is 5.77. The normalized spacial score (nSPS) is 12.2. The highest BCUT2D eigenvalue weighted by atomic mass is 16.3. The predicted octanol–water partition coefficient (Wildman–Crippen LogP) is 14.7. The van der Waals surface area contributed by atoms with Crippen LogP contribution in [0.15, 0.2) is 183 Å². The lowest BCUT2D eigenvalue weighted by Crippen LogP contribution is -1.92. The molecule has 0 saturated heterocycles. The van der Waals surface area contributed by atoms with Gasteiger partial charge in [0.2, 0.25) is 0 Å². The minimum Gasteiger partial charge on any atom is -0.456 e. The molecule has 0 N–H and O–H groups in total. The quantitative estimate of drug-likeness (QED) is 0.175. The van der Waals surface area contributed by atoms with Crippen LogP contribution in [0.5, 0.6) is 0 Å². The van der Waals surface area contributed by atoms with Crippen molar-refractivity contribution in [2.45, 2.75) is 0 Å². The molecular weight excluding hydrogens is 649 g/mol. The minimum atomic E-state index is 0.865. The van der Waals surface area contributed by atoms with Crippen LogP contribution in [0.25, 0.3) is 121 Å². The third kappa shape index (κ3) is 3.94. The summed E-state index contributed by atoms with van der Waals surface area (Å²) in [6, 6.07) is 60.0. The second-order valence-electron chi connectivity index (χ2n) is 13.9. The second kappa shape index (κ2) is 10.7. The van der Waals surface area contributed by atoms with Crippen molar-refractivity contribution < 1.29 is 13.3 Å². The average Bonchev–Trinajstić information content (AvgIpc) is 3.91. The summed E-state index contributed by atoms with van der Waals surface area (Å²) in [5, 5.41) is 11.4. The van der Waals surface area contributed by atoms with E-state index in [0.29, 0.717) is 0 Å². The first-order valence-electron chi connectivity index (χ1n) is 18.0. The zero-order valence-electron chi connectivity index (χ0n) is 28.4. The molecule has 0 amide bonds. The number of rotatable bonds is 3. The molecule has 3 heteroatoms. The van der Waals surface area contributed by atoms with Crippen molar-refractivity contribution in [2.24, 2.45) is 0 Å². The third-order valence-corrected chi connectivity index (χ3v) is 11.1. The van der Waals surface area contributed by atoms with Gasteiger partial charge >= 0.3 is 0 Å². The van der Waals surface area contributed by atoms with Gasteiger partial charge < -0.3 is 13.3 Å². The topological polar surface area (TPSA) is 39.4 Å². The van der Waals surface area contributed by atoms with E-state index in [4.69, 9.17) is 13.3 Å². The lowest BCUT2D eigenvalue weighted by molar-refractivity contribution is 0.668. The molecule has 0 fully saturated rings. The first kappa shape index (κ1) is 28.6. The summed E-state index contributed by atoms with van der Waals surface area (Å²) in [5.74, 6) is 0. The Morgan fingerprint density at radius 3 is 1.13 bits per heavy atom. The Hall–Kier alpha value is -7.10. The molecule has 3 aromatic heterocycles. The van der Waals surface area contributed by atoms with E-state index in [1.54, 1.807) is 0 Å². The molecule has 0 aliphatic carbocycles. The summed E-state index contributed by atoms with van der Waals surface area (Å²) in [6.45, 7) is 0. The monoisotopic (exact) mass is 676 g/mol. The minimum absolute atomic E-state index is 0.865. The van der Waals surface area contributed by atoms with Crippen LogP contribution in [0.2, 0.25) is 0 Å². The number of benzene rings is 9. The largest absolute Gasteiger partial charge is 0.456 e. The summed E-state index contributed by atoms with van der Waals surface area (Å²) < 4.78 is 19.7. The molecule has 0 radical (unpaired) electrons. The van der Waals surface area contributed by atoms with E-state index in [-0.39, 0.29) is 0 Å². The fourth-order valence-corrected chi connectivity index (χ4v) is 8.94. The van der Waals surface area contributed by atoms with Crippen molar-refractivity contribution in [1.29, 1.82) is 0 Å². The molecule has 0 aliphatic rings. The van der Waals surface area contributed by atoms with E-state index in [1.807, 2.05) is 24.3 Å². The van der Waals surface area contributed by atoms with Crippen molar-refractivity contribution in [3.8, 4) is 33.4 Å². The molecule has 0 saturated carbocycles. The third-order valence-electron chi connectivity index (χ3n) is 11.1. The van der Waals surface area contributed by atoms with Gasteiger partial charge in [0.1, 0.15) is 33.5 Å². The fraction of sp³-hybridized carbons (Fsp3) is 0. The van der Waals surface area contributed by atoms with Crippen molar-refractivity contribution in [2.75, 3.05) is 0 Å². The smallest absolute Gasteiger partial charge is 0.143 e. The van der Waals surface area contributed by atoms with Crippen LogP contribution in [0.4, 0.5) is 0 Å². The van der Waals surface area contributed by atoms with Crippen molar-refractivity contribution >= 4 is 87.4 Å². The summed E-state index contributed by atoms with van der Waals surface area (Å²) in [5.41, 5.74) is 12.1. The predicted molar refractivity (Wildman–Crippen MR) is 220 cm³/mol. The number of fused-ring (bicyclic) bond motifs is 11. The lowest BCUT2D eigenvalue weighted by atomic mass is 9.84. The SMILES string of the molecule is c1ccc2c(c1)oc1cccc(-c3c4ccccc4c(-c4ccc(-c5cccc6oc7ccccc7c56)c5c4oc4ccccc45)c4ccccc34)c12. The van der Waals surface area contributed by atoms with Gasteiger partial charge in [0.25, 0.3) is 0 Å². The summed E-state index contributed by atoms with van der Waals surface area (Å²) in [6.07, 6.45) is 0. The van der Waals surface area contributed by atoms with Crippen LogP contribution < -0.4 is 0 Å². The average molecular weight is 677 g/mol. The Labute approximate surface area is 302 Å². The van der Waals surface area contributed by atoms with Crippen molar-refractivity contribution in [1.82, 2.24) is 0 Å². The van der Waals surface area contributed by atoms with Crippen molar-refractivity contribution in [3.63, 3.8) is 0 Å². The Balaban J connectivity index is 1.21.